The van der Waals surface area contributed by atoms with Crippen LogP contribution in [0.25, 0.3) is 22.2 Å². The zero-order valence-corrected chi connectivity index (χ0v) is 20.0. The highest BCUT2D eigenvalue weighted by Gasteiger charge is 2.26. The maximum Gasteiger partial charge on any atom is 0.263 e. The van der Waals surface area contributed by atoms with E-state index in [9.17, 15) is 9.18 Å². The summed E-state index contributed by atoms with van der Waals surface area (Å²) in [5.41, 5.74) is 1.56. The molecule has 1 atom stereocenters. The van der Waals surface area contributed by atoms with E-state index in [2.05, 4.69) is 21.6 Å². The molecule has 1 aromatic carbocycles. The molecule has 1 unspecified atom stereocenters. The number of morpholine rings is 1. The molecule has 0 spiro atoms. The molecule has 0 amide bonds. The summed E-state index contributed by atoms with van der Waals surface area (Å²) in [5.74, 6) is 0.584. The molecule has 0 radical (unpaired) electrons. The molecular weight excluding hydrogens is 457 g/mol. The molecule has 0 bridgehead atoms. The van der Waals surface area contributed by atoms with E-state index in [-0.39, 0.29) is 33.3 Å². The maximum absolute atomic E-state index is 15.0. The van der Waals surface area contributed by atoms with Gasteiger partial charge in [-0.2, -0.15) is 0 Å². The highest BCUT2D eigenvalue weighted by Crippen LogP contribution is 2.32. The second-order valence-corrected chi connectivity index (χ2v) is 8.40. The zero-order valence-electron chi connectivity index (χ0n) is 19.3. The SMILES string of the molecule is C=N/C=C\C(=C/C)C1CN(c2cc3nc(C)n(C)c(=O)c3c(-c3ccc(Cl)cc3F)n2)CCO1. The maximum atomic E-state index is 15.0. The van der Waals surface area contributed by atoms with E-state index in [1.54, 1.807) is 32.3 Å². The van der Waals surface area contributed by atoms with Gasteiger partial charge < -0.3 is 9.64 Å². The number of benzene rings is 1. The fourth-order valence-electron chi connectivity index (χ4n) is 4.01. The van der Waals surface area contributed by atoms with Crippen LogP contribution >= 0.6 is 11.6 Å². The number of ether oxygens (including phenoxy) is 1. The molecule has 1 aliphatic heterocycles. The predicted octanol–water partition coefficient (Wildman–Crippen LogP) is 4.46. The first-order valence-corrected chi connectivity index (χ1v) is 11.2. The summed E-state index contributed by atoms with van der Waals surface area (Å²) in [6.45, 7) is 8.75. The van der Waals surface area contributed by atoms with Crippen molar-refractivity contribution in [3.05, 3.63) is 75.2 Å². The smallest absolute Gasteiger partial charge is 0.263 e. The van der Waals surface area contributed by atoms with E-state index in [1.165, 1.54) is 16.7 Å². The van der Waals surface area contributed by atoms with Gasteiger partial charge >= 0.3 is 0 Å². The molecule has 3 heterocycles. The molecule has 9 heteroatoms. The lowest BCUT2D eigenvalue weighted by Gasteiger charge is -2.34. The van der Waals surface area contributed by atoms with E-state index >= 15 is 0 Å². The van der Waals surface area contributed by atoms with Gasteiger partial charge in [-0.05, 0) is 50.4 Å². The van der Waals surface area contributed by atoms with Gasteiger partial charge in [-0.15, -0.1) is 0 Å². The van der Waals surface area contributed by atoms with Crippen LogP contribution in [0, 0.1) is 12.7 Å². The number of nitrogens with zero attached hydrogens (tertiary/aromatic N) is 5. The third-order valence-corrected chi connectivity index (χ3v) is 6.16. The summed E-state index contributed by atoms with van der Waals surface area (Å²) >= 11 is 5.97. The highest BCUT2D eigenvalue weighted by atomic mass is 35.5. The van der Waals surface area contributed by atoms with Crippen LogP contribution in [0.5, 0.6) is 0 Å². The van der Waals surface area contributed by atoms with Crippen LogP contribution in [-0.4, -0.2) is 47.1 Å². The molecule has 0 saturated carbocycles. The number of hydrogen-bond donors (Lipinski definition) is 0. The van der Waals surface area contributed by atoms with Gasteiger partial charge in [-0.3, -0.25) is 14.4 Å². The third kappa shape index (κ3) is 4.51. The highest BCUT2D eigenvalue weighted by molar-refractivity contribution is 6.30. The van der Waals surface area contributed by atoms with Gasteiger partial charge in [0.2, 0.25) is 0 Å². The molecule has 3 aromatic rings. The molecule has 34 heavy (non-hydrogen) atoms. The second-order valence-electron chi connectivity index (χ2n) is 7.96. The van der Waals surface area contributed by atoms with Gasteiger partial charge in [0.15, 0.2) is 0 Å². The Labute approximate surface area is 201 Å². The van der Waals surface area contributed by atoms with Crippen LogP contribution < -0.4 is 10.5 Å². The minimum Gasteiger partial charge on any atom is -0.370 e. The average molecular weight is 482 g/mol. The number of fused-ring (bicyclic) bond motifs is 1. The Morgan fingerprint density at radius 3 is 2.85 bits per heavy atom. The first kappa shape index (κ1) is 23.8. The van der Waals surface area contributed by atoms with Crippen LogP contribution in [-0.2, 0) is 11.8 Å². The van der Waals surface area contributed by atoms with E-state index in [4.69, 9.17) is 21.3 Å². The van der Waals surface area contributed by atoms with E-state index < -0.39 is 5.82 Å². The Morgan fingerprint density at radius 2 is 2.15 bits per heavy atom. The number of allylic oxidation sites excluding steroid dienone is 1. The molecule has 2 aromatic heterocycles. The van der Waals surface area contributed by atoms with Crippen LogP contribution in [0.4, 0.5) is 10.2 Å². The minimum absolute atomic E-state index is 0.193. The average Bonchev–Trinajstić information content (AvgIpc) is 2.82. The first-order chi connectivity index (χ1) is 16.3. The van der Waals surface area contributed by atoms with Gasteiger partial charge in [0.05, 0.1) is 29.3 Å². The van der Waals surface area contributed by atoms with E-state index in [1.807, 2.05) is 19.1 Å². The molecule has 176 valence electrons. The van der Waals surface area contributed by atoms with Crippen molar-refractivity contribution in [2.75, 3.05) is 24.6 Å². The standard InChI is InChI=1S/C25H25ClFN5O2/c1-5-16(8-9-28-3)21-14-32(10-11-34-21)22-13-20-23(25(33)31(4)15(2)29-20)24(30-22)18-7-6-17(26)12-19(18)27/h5-9,12-13,21H,3,10-11,14H2,1-2,4H3/b9-8-,16-5+. The number of aryl methyl sites for hydroxylation is 1. The number of aromatic nitrogens is 3. The Hall–Kier alpha value is -3.36. The summed E-state index contributed by atoms with van der Waals surface area (Å²) in [6, 6.07) is 6.11. The lowest BCUT2D eigenvalue weighted by molar-refractivity contribution is 0.0660. The molecule has 0 N–H and O–H groups in total. The van der Waals surface area contributed by atoms with Crippen LogP contribution in [0.1, 0.15) is 12.7 Å². The van der Waals surface area contributed by atoms with Crippen LogP contribution in [0.3, 0.4) is 0 Å². The number of anilines is 1. The monoisotopic (exact) mass is 481 g/mol. The van der Waals surface area contributed by atoms with Crippen LogP contribution in [0.2, 0.25) is 5.02 Å². The normalized spacial score (nSPS) is 17.0. The summed E-state index contributed by atoms with van der Waals surface area (Å²) in [6.07, 6.45) is 5.24. The summed E-state index contributed by atoms with van der Waals surface area (Å²) in [5, 5.41) is 0.526. The number of rotatable bonds is 5. The molecular formula is C25H25ClFN5O2. The van der Waals surface area contributed by atoms with Crippen molar-refractivity contribution in [2.45, 2.75) is 20.0 Å². The molecule has 1 aliphatic rings. The largest absolute Gasteiger partial charge is 0.370 e. The molecule has 4 rings (SSSR count). The lowest BCUT2D eigenvalue weighted by atomic mass is 10.1. The fraction of sp³-hybridized carbons (Fsp3) is 0.280. The number of aliphatic imine (C=N–C) groups is 1. The lowest BCUT2D eigenvalue weighted by Crippen LogP contribution is -2.43. The summed E-state index contributed by atoms with van der Waals surface area (Å²) < 4.78 is 22.4. The molecule has 0 aliphatic carbocycles. The predicted molar refractivity (Wildman–Crippen MR) is 134 cm³/mol. The van der Waals surface area contributed by atoms with Crippen molar-refractivity contribution >= 4 is 35.0 Å². The quantitative estimate of drug-likeness (QED) is 0.397. The van der Waals surface area contributed by atoms with E-state index in [0.717, 1.165) is 5.57 Å². The van der Waals surface area contributed by atoms with Crippen molar-refractivity contribution in [3.8, 4) is 11.3 Å². The topological polar surface area (TPSA) is 72.6 Å². The fourth-order valence-corrected chi connectivity index (χ4v) is 4.17. The number of hydrogen-bond acceptors (Lipinski definition) is 6. The number of pyridine rings is 1. The zero-order chi connectivity index (χ0) is 24.4. The van der Waals surface area contributed by atoms with Crippen LogP contribution in [0.15, 0.2) is 58.0 Å². The second kappa shape index (κ2) is 9.87. The van der Waals surface area contributed by atoms with Crippen molar-refractivity contribution in [1.29, 1.82) is 0 Å². The van der Waals surface area contributed by atoms with Crippen molar-refractivity contribution in [1.82, 2.24) is 14.5 Å². The van der Waals surface area contributed by atoms with Gasteiger partial charge in [0.25, 0.3) is 5.56 Å². The Morgan fingerprint density at radius 1 is 1.35 bits per heavy atom. The first-order valence-electron chi connectivity index (χ1n) is 10.8. The Kier molecular flexibility index (Phi) is 6.90. The third-order valence-electron chi connectivity index (χ3n) is 5.93. The molecule has 7 nitrogen and oxygen atoms in total. The van der Waals surface area contributed by atoms with Gasteiger partial charge in [0, 0.05) is 43.0 Å². The van der Waals surface area contributed by atoms with Crippen molar-refractivity contribution < 1.29 is 9.13 Å². The van der Waals surface area contributed by atoms with E-state index in [0.29, 0.717) is 36.9 Å². The van der Waals surface area contributed by atoms with Gasteiger partial charge in [-0.1, -0.05) is 17.7 Å². The number of halogens is 2. The van der Waals surface area contributed by atoms with Crippen molar-refractivity contribution in [3.63, 3.8) is 0 Å². The Balaban J connectivity index is 1.87. The minimum atomic E-state index is -0.556. The molecule has 1 fully saturated rings. The van der Waals surface area contributed by atoms with Crippen molar-refractivity contribution in [2.24, 2.45) is 12.0 Å². The van der Waals surface area contributed by atoms with Gasteiger partial charge in [0.1, 0.15) is 17.5 Å². The molecule has 1 saturated heterocycles. The van der Waals surface area contributed by atoms with Gasteiger partial charge in [-0.25, -0.2) is 14.4 Å². The summed E-state index contributed by atoms with van der Waals surface area (Å²) in [7, 11) is 1.64. The summed E-state index contributed by atoms with van der Waals surface area (Å²) in [4.78, 5) is 28.4. The Bertz CT molecular complexity index is 1380.